The van der Waals surface area contributed by atoms with Crippen LogP contribution in [0.3, 0.4) is 0 Å². The lowest BCUT2D eigenvalue weighted by Gasteiger charge is -2.48. The van der Waals surface area contributed by atoms with Crippen molar-refractivity contribution < 1.29 is 0 Å². The zero-order valence-electron chi connectivity index (χ0n) is 11.6. The molecule has 1 N–H and O–H groups in total. The molecule has 2 aromatic heterocycles. The van der Waals surface area contributed by atoms with Crippen LogP contribution in [-0.2, 0) is 0 Å². The van der Waals surface area contributed by atoms with Crippen molar-refractivity contribution in [3.63, 3.8) is 0 Å². The number of nitrogens with zero attached hydrogens (tertiary/aromatic N) is 3. The number of nitrogens with one attached hydrogen (secondary N) is 1. The molecule has 1 saturated heterocycles. The first-order valence-electron chi connectivity index (χ1n) is 7.54. The number of aromatic nitrogens is 3. The minimum atomic E-state index is 0.416. The number of piperidine rings is 1. The lowest BCUT2D eigenvalue weighted by atomic mass is 9.70. The highest BCUT2D eigenvalue weighted by molar-refractivity contribution is 5.57. The van der Waals surface area contributed by atoms with Crippen LogP contribution in [0.25, 0.3) is 11.3 Å². The Morgan fingerprint density at radius 1 is 1.25 bits per heavy atom. The SMILES string of the molecule is c1cncc(-c2cncn2C2CCNC3(CCC3)C2)c1. The highest BCUT2D eigenvalue weighted by atomic mass is 15.1. The molecule has 2 aliphatic rings. The van der Waals surface area contributed by atoms with E-state index in [-0.39, 0.29) is 0 Å². The predicted molar refractivity (Wildman–Crippen MR) is 78.3 cm³/mol. The maximum Gasteiger partial charge on any atom is 0.0953 e. The minimum absolute atomic E-state index is 0.416. The second-order valence-electron chi connectivity index (χ2n) is 6.14. The van der Waals surface area contributed by atoms with Crippen molar-refractivity contribution in [3.8, 4) is 11.3 Å². The zero-order chi connectivity index (χ0) is 13.4. The van der Waals surface area contributed by atoms with E-state index in [1.807, 2.05) is 31.0 Å². The fraction of sp³-hybridized carbons (Fsp3) is 0.500. The molecule has 2 aromatic rings. The van der Waals surface area contributed by atoms with Crippen LogP contribution >= 0.6 is 0 Å². The van der Waals surface area contributed by atoms with E-state index in [1.54, 1.807) is 0 Å². The van der Waals surface area contributed by atoms with Gasteiger partial charge in [0.05, 0.1) is 18.2 Å². The number of rotatable bonds is 2. The highest BCUT2D eigenvalue weighted by Gasteiger charge is 2.41. The molecule has 0 radical (unpaired) electrons. The van der Waals surface area contributed by atoms with Crippen LogP contribution in [0, 0.1) is 0 Å². The molecule has 4 nitrogen and oxygen atoms in total. The summed E-state index contributed by atoms with van der Waals surface area (Å²) >= 11 is 0. The Morgan fingerprint density at radius 2 is 2.20 bits per heavy atom. The summed E-state index contributed by atoms with van der Waals surface area (Å²) < 4.78 is 2.36. The van der Waals surface area contributed by atoms with E-state index >= 15 is 0 Å². The number of pyridine rings is 1. The van der Waals surface area contributed by atoms with Crippen LogP contribution in [0.5, 0.6) is 0 Å². The number of hydrogen-bond acceptors (Lipinski definition) is 3. The van der Waals surface area contributed by atoms with E-state index in [1.165, 1.54) is 37.8 Å². The normalized spacial score (nSPS) is 24.5. The van der Waals surface area contributed by atoms with Gasteiger partial charge in [0.25, 0.3) is 0 Å². The third kappa shape index (κ3) is 1.95. The van der Waals surface area contributed by atoms with Gasteiger partial charge in [-0.05, 0) is 50.8 Å². The van der Waals surface area contributed by atoms with Crippen LogP contribution < -0.4 is 5.32 Å². The molecule has 1 aliphatic carbocycles. The van der Waals surface area contributed by atoms with Crippen molar-refractivity contribution in [1.82, 2.24) is 19.9 Å². The highest BCUT2D eigenvalue weighted by Crippen LogP contribution is 2.42. The van der Waals surface area contributed by atoms with Crippen molar-refractivity contribution in [1.29, 1.82) is 0 Å². The van der Waals surface area contributed by atoms with Crippen LogP contribution in [0.4, 0.5) is 0 Å². The third-order valence-electron chi connectivity index (χ3n) is 4.93. The topological polar surface area (TPSA) is 42.7 Å². The molecule has 20 heavy (non-hydrogen) atoms. The maximum atomic E-state index is 4.38. The molecule has 1 saturated carbocycles. The number of imidazole rings is 1. The van der Waals surface area contributed by atoms with E-state index in [0.717, 1.165) is 12.1 Å². The largest absolute Gasteiger partial charge is 0.327 e. The summed E-state index contributed by atoms with van der Waals surface area (Å²) in [5.41, 5.74) is 2.77. The maximum absolute atomic E-state index is 4.38. The summed E-state index contributed by atoms with van der Waals surface area (Å²) in [7, 11) is 0. The lowest BCUT2D eigenvalue weighted by molar-refractivity contribution is 0.110. The van der Waals surface area contributed by atoms with Gasteiger partial charge in [-0.3, -0.25) is 4.98 Å². The van der Waals surface area contributed by atoms with E-state index in [9.17, 15) is 0 Å². The Bertz CT molecular complexity index is 586. The van der Waals surface area contributed by atoms with E-state index in [2.05, 4.69) is 25.9 Å². The summed E-state index contributed by atoms with van der Waals surface area (Å²) in [6.07, 6.45) is 14.2. The molecular formula is C16H20N4. The zero-order valence-corrected chi connectivity index (χ0v) is 11.6. The smallest absolute Gasteiger partial charge is 0.0953 e. The molecule has 0 aromatic carbocycles. The Balaban J connectivity index is 1.64. The minimum Gasteiger partial charge on any atom is -0.327 e. The third-order valence-corrected chi connectivity index (χ3v) is 4.93. The number of hydrogen-bond donors (Lipinski definition) is 1. The molecule has 104 valence electrons. The van der Waals surface area contributed by atoms with Gasteiger partial charge < -0.3 is 9.88 Å². The van der Waals surface area contributed by atoms with Crippen LogP contribution in [0.1, 0.15) is 38.1 Å². The Kier molecular flexibility index (Phi) is 2.84. The van der Waals surface area contributed by atoms with Crippen molar-refractivity contribution in [2.75, 3.05) is 6.54 Å². The lowest BCUT2D eigenvalue weighted by Crippen LogP contribution is -2.55. The van der Waals surface area contributed by atoms with Gasteiger partial charge in [0.15, 0.2) is 0 Å². The van der Waals surface area contributed by atoms with Crippen molar-refractivity contribution in [2.45, 2.75) is 43.7 Å². The molecule has 3 heterocycles. The molecule has 0 amide bonds. The predicted octanol–water partition coefficient (Wildman–Crippen LogP) is 2.79. The van der Waals surface area contributed by atoms with Gasteiger partial charge in [0, 0.05) is 29.5 Å². The molecule has 1 atom stereocenters. The van der Waals surface area contributed by atoms with Gasteiger partial charge in [0.2, 0.25) is 0 Å². The average molecular weight is 268 g/mol. The molecule has 2 fully saturated rings. The van der Waals surface area contributed by atoms with Crippen LogP contribution in [0.2, 0.25) is 0 Å². The van der Waals surface area contributed by atoms with Gasteiger partial charge in [-0.25, -0.2) is 4.98 Å². The molecular weight excluding hydrogens is 248 g/mol. The van der Waals surface area contributed by atoms with Crippen molar-refractivity contribution in [2.24, 2.45) is 0 Å². The Labute approximate surface area is 119 Å². The second-order valence-corrected chi connectivity index (χ2v) is 6.14. The Morgan fingerprint density at radius 3 is 2.95 bits per heavy atom. The molecule has 4 heteroatoms. The van der Waals surface area contributed by atoms with E-state index < -0.39 is 0 Å². The van der Waals surface area contributed by atoms with E-state index in [4.69, 9.17) is 0 Å². The molecule has 0 bridgehead atoms. The summed E-state index contributed by atoms with van der Waals surface area (Å²) in [5.74, 6) is 0. The summed E-state index contributed by atoms with van der Waals surface area (Å²) in [4.78, 5) is 8.61. The van der Waals surface area contributed by atoms with Crippen LogP contribution in [0.15, 0.2) is 37.1 Å². The second kappa shape index (κ2) is 4.70. The van der Waals surface area contributed by atoms with E-state index in [0.29, 0.717) is 11.6 Å². The fourth-order valence-electron chi connectivity index (χ4n) is 3.68. The molecule has 4 rings (SSSR count). The van der Waals surface area contributed by atoms with Gasteiger partial charge in [-0.2, -0.15) is 0 Å². The molecule has 1 aliphatic heterocycles. The quantitative estimate of drug-likeness (QED) is 0.910. The van der Waals surface area contributed by atoms with Gasteiger partial charge in [-0.1, -0.05) is 0 Å². The summed E-state index contributed by atoms with van der Waals surface area (Å²) in [6.45, 7) is 1.12. The molecule has 1 spiro atoms. The monoisotopic (exact) mass is 268 g/mol. The van der Waals surface area contributed by atoms with Gasteiger partial charge >= 0.3 is 0 Å². The first-order chi connectivity index (χ1) is 9.86. The standard InChI is InChI=1S/C16H20N4/c1-3-13(10-17-7-1)15-11-18-12-20(15)14-4-8-19-16(9-14)5-2-6-16/h1,3,7,10-12,14,19H,2,4-6,8-9H2. The summed E-state index contributed by atoms with van der Waals surface area (Å²) in [5, 5.41) is 3.74. The van der Waals surface area contributed by atoms with Crippen molar-refractivity contribution >= 4 is 0 Å². The van der Waals surface area contributed by atoms with Gasteiger partial charge in [0.1, 0.15) is 0 Å². The Hall–Kier alpha value is -1.68. The fourth-order valence-corrected chi connectivity index (χ4v) is 3.68. The average Bonchev–Trinajstić information content (AvgIpc) is 2.96. The summed E-state index contributed by atoms with van der Waals surface area (Å²) in [6, 6.07) is 4.66. The van der Waals surface area contributed by atoms with Gasteiger partial charge in [-0.15, -0.1) is 0 Å². The van der Waals surface area contributed by atoms with Crippen molar-refractivity contribution in [3.05, 3.63) is 37.1 Å². The first-order valence-corrected chi connectivity index (χ1v) is 7.54. The molecule has 1 unspecified atom stereocenters. The first kappa shape index (κ1) is 12.1. The van der Waals surface area contributed by atoms with Crippen LogP contribution in [-0.4, -0.2) is 26.6 Å².